The van der Waals surface area contributed by atoms with Crippen LogP contribution in [0.4, 0.5) is 5.69 Å². The molecule has 0 N–H and O–H groups in total. The van der Waals surface area contributed by atoms with Crippen LogP contribution in [0.1, 0.15) is 32.7 Å². The van der Waals surface area contributed by atoms with Gasteiger partial charge in [-0.05, 0) is 48.7 Å². The van der Waals surface area contributed by atoms with Crippen LogP contribution in [0.25, 0.3) is 0 Å². The van der Waals surface area contributed by atoms with E-state index in [1.807, 2.05) is 6.07 Å². The number of rotatable bonds is 2. The van der Waals surface area contributed by atoms with Crippen LogP contribution in [-0.4, -0.2) is 25.5 Å². The number of amides is 1. The van der Waals surface area contributed by atoms with Crippen molar-refractivity contribution in [1.82, 2.24) is 0 Å². The number of esters is 1. The number of methoxy groups -OCH3 is 1. The summed E-state index contributed by atoms with van der Waals surface area (Å²) < 4.78 is 4.84. The van der Waals surface area contributed by atoms with Crippen molar-refractivity contribution in [2.75, 3.05) is 18.6 Å². The molecule has 1 heterocycles. The first-order chi connectivity index (χ1) is 11.1. The Morgan fingerprint density at radius 3 is 2.70 bits per heavy atom. The number of ether oxygens (including phenoxy) is 1. The average Bonchev–Trinajstić information content (AvgIpc) is 2.59. The van der Waals surface area contributed by atoms with E-state index in [9.17, 15) is 9.59 Å². The average molecular weight is 330 g/mol. The summed E-state index contributed by atoms with van der Waals surface area (Å²) in [6.07, 6.45) is 1.55. The van der Waals surface area contributed by atoms with Gasteiger partial charge in [0.05, 0.1) is 12.7 Å². The predicted octanol–water partition coefficient (Wildman–Crippen LogP) is 3.72. The maximum absolute atomic E-state index is 12.8. The number of fused-ring (bicyclic) bond motifs is 1. The van der Waals surface area contributed by atoms with Crippen LogP contribution in [0.5, 0.6) is 0 Å². The van der Waals surface area contributed by atoms with E-state index in [-0.39, 0.29) is 11.9 Å². The van der Waals surface area contributed by atoms with E-state index in [0.29, 0.717) is 22.7 Å². The first kappa shape index (κ1) is 15.6. The Labute approximate surface area is 139 Å². The number of halogens is 1. The van der Waals surface area contributed by atoms with Gasteiger partial charge in [-0.2, -0.15) is 0 Å². The third kappa shape index (κ3) is 2.94. The molecule has 23 heavy (non-hydrogen) atoms. The molecule has 1 amide bonds. The summed E-state index contributed by atoms with van der Waals surface area (Å²) in [5.74, 6) is -0.491. The summed E-state index contributed by atoms with van der Waals surface area (Å²) in [6, 6.07) is 12.3. The second-order valence-corrected chi connectivity index (χ2v) is 5.80. The van der Waals surface area contributed by atoms with Crippen molar-refractivity contribution >= 4 is 29.2 Å². The molecule has 0 bridgehead atoms. The zero-order valence-corrected chi connectivity index (χ0v) is 13.5. The van der Waals surface area contributed by atoms with E-state index in [0.717, 1.165) is 24.1 Å². The molecule has 1 aliphatic rings. The minimum atomic E-state index is -0.376. The Hall–Kier alpha value is -2.33. The fourth-order valence-electron chi connectivity index (χ4n) is 2.91. The van der Waals surface area contributed by atoms with E-state index in [2.05, 4.69) is 0 Å². The van der Waals surface area contributed by atoms with Crippen molar-refractivity contribution in [3.63, 3.8) is 0 Å². The molecule has 0 atom stereocenters. The minimum Gasteiger partial charge on any atom is -0.465 e. The molecule has 5 heteroatoms. The van der Waals surface area contributed by atoms with Crippen molar-refractivity contribution < 1.29 is 14.3 Å². The first-order valence-corrected chi connectivity index (χ1v) is 7.77. The third-order valence-corrected chi connectivity index (χ3v) is 4.21. The molecule has 2 aromatic rings. The van der Waals surface area contributed by atoms with E-state index < -0.39 is 0 Å². The Balaban J connectivity index is 2.02. The van der Waals surface area contributed by atoms with Gasteiger partial charge in [-0.25, -0.2) is 4.79 Å². The number of carbonyl (C=O) groups excluding carboxylic acids is 2. The molecule has 2 aromatic carbocycles. The predicted molar refractivity (Wildman–Crippen MR) is 89.2 cm³/mol. The number of benzene rings is 2. The highest BCUT2D eigenvalue weighted by Crippen LogP contribution is 2.31. The van der Waals surface area contributed by atoms with Gasteiger partial charge in [-0.3, -0.25) is 4.79 Å². The molecule has 0 fully saturated rings. The van der Waals surface area contributed by atoms with Crippen LogP contribution in [0.3, 0.4) is 0 Å². The number of hydrogen-bond acceptors (Lipinski definition) is 3. The summed E-state index contributed by atoms with van der Waals surface area (Å²) >= 11 is 5.98. The van der Waals surface area contributed by atoms with Gasteiger partial charge in [0, 0.05) is 22.8 Å². The molecule has 0 saturated heterocycles. The third-order valence-electron chi connectivity index (χ3n) is 3.97. The molecule has 3 rings (SSSR count). The monoisotopic (exact) mass is 329 g/mol. The van der Waals surface area contributed by atoms with Gasteiger partial charge < -0.3 is 9.64 Å². The number of anilines is 1. The summed E-state index contributed by atoms with van der Waals surface area (Å²) in [5.41, 5.74) is 2.69. The molecule has 0 aliphatic carbocycles. The minimum absolute atomic E-state index is 0.115. The lowest BCUT2D eigenvalue weighted by Gasteiger charge is -2.30. The van der Waals surface area contributed by atoms with Crippen LogP contribution < -0.4 is 4.90 Å². The highest BCUT2D eigenvalue weighted by atomic mass is 35.5. The molecule has 0 saturated carbocycles. The molecule has 4 nitrogen and oxygen atoms in total. The van der Waals surface area contributed by atoms with Crippen LogP contribution in [0.2, 0.25) is 5.02 Å². The number of carbonyl (C=O) groups is 2. The van der Waals surface area contributed by atoms with Gasteiger partial charge in [-0.15, -0.1) is 0 Å². The van der Waals surface area contributed by atoms with E-state index in [4.69, 9.17) is 16.3 Å². The zero-order valence-electron chi connectivity index (χ0n) is 12.7. The summed E-state index contributed by atoms with van der Waals surface area (Å²) in [4.78, 5) is 26.5. The Morgan fingerprint density at radius 2 is 1.96 bits per heavy atom. The van der Waals surface area contributed by atoms with Crippen LogP contribution in [0.15, 0.2) is 42.5 Å². The zero-order chi connectivity index (χ0) is 16.4. The molecule has 0 spiro atoms. The van der Waals surface area contributed by atoms with Crippen LogP contribution >= 0.6 is 11.6 Å². The Morgan fingerprint density at radius 1 is 1.17 bits per heavy atom. The standard InChI is InChI=1S/C18H16ClNO3/c1-23-18(22)15-7-3-9-16-14(15)8-4-10-20(16)17(21)12-5-2-6-13(19)11-12/h2-3,5-7,9,11H,4,8,10H2,1H3. The lowest BCUT2D eigenvalue weighted by atomic mass is 9.95. The fourth-order valence-corrected chi connectivity index (χ4v) is 3.10. The molecular weight excluding hydrogens is 314 g/mol. The van der Waals surface area contributed by atoms with Crippen molar-refractivity contribution in [2.24, 2.45) is 0 Å². The summed E-state index contributed by atoms with van der Waals surface area (Å²) in [7, 11) is 1.36. The smallest absolute Gasteiger partial charge is 0.338 e. The fraction of sp³-hybridized carbons (Fsp3) is 0.222. The molecule has 0 radical (unpaired) electrons. The normalized spacial score (nSPS) is 13.4. The van der Waals surface area contributed by atoms with Gasteiger partial charge in [0.2, 0.25) is 0 Å². The Bertz CT molecular complexity index is 773. The second kappa shape index (κ2) is 6.42. The molecule has 118 valence electrons. The van der Waals surface area contributed by atoms with Crippen LogP contribution in [0, 0.1) is 0 Å². The van der Waals surface area contributed by atoms with Crippen LogP contribution in [-0.2, 0) is 11.2 Å². The van der Waals surface area contributed by atoms with E-state index >= 15 is 0 Å². The van der Waals surface area contributed by atoms with Crippen molar-refractivity contribution in [2.45, 2.75) is 12.8 Å². The molecule has 1 aliphatic heterocycles. The van der Waals surface area contributed by atoms with Crippen molar-refractivity contribution in [1.29, 1.82) is 0 Å². The van der Waals surface area contributed by atoms with Gasteiger partial charge in [0.15, 0.2) is 0 Å². The summed E-state index contributed by atoms with van der Waals surface area (Å²) in [5, 5.41) is 0.524. The lowest BCUT2D eigenvalue weighted by molar-refractivity contribution is 0.0599. The highest BCUT2D eigenvalue weighted by Gasteiger charge is 2.27. The van der Waals surface area contributed by atoms with E-state index in [1.54, 1.807) is 41.3 Å². The van der Waals surface area contributed by atoms with Crippen molar-refractivity contribution in [3.8, 4) is 0 Å². The van der Waals surface area contributed by atoms with E-state index in [1.165, 1.54) is 7.11 Å². The highest BCUT2D eigenvalue weighted by molar-refractivity contribution is 6.31. The lowest BCUT2D eigenvalue weighted by Crippen LogP contribution is -2.36. The van der Waals surface area contributed by atoms with Crippen molar-refractivity contribution in [3.05, 3.63) is 64.2 Å². The molecular formula is C18H16ClNO3. The first-order valence-electron chi connectivity index (χ1n) is 7.39. The summed E-state index contributed by atoms with van der Waals surface area (Å²) in [6.45, 7) is 0.614. The largest absolute Gasteiger partial charge is 0.465 e. The molecule has 0 unspecified atom stereocenters. The number of hydrogen-bond donors (Lipinski definition) is 0. The van der Waals surface area contributed by atoms with Gasteiger partial charge in [0.1, 0.15) is 0 Å². The second-order valence-electron chi connectivity index (χ2n) is 5.37. The van der Waals surface area contributed by atoms with Gasteiger partial charge in [0.25, 0.3) is 5.91 Å². The van der Waals surface area contributed by atoms with Gasteiger partial charge in [-0.1, -0.05) is 23.7 Å². The maximum atomic E-state index is 12.8. The number of nitrogens with zero attached hydrogens (tertiary/aromatic N) is 1. The SMILES string of the molecule is COC(=O)c1cccc2c1CCCN2C(=O)c1cccc(Cl)c1. The molecule has 0 aromatic heterocycles. The van der Waals surface area contributed by atoms with Gasteiger partial charge >= 0.3 is 5.97 Å². The Kier molecular flexibility index (Phi) is 4.35. The maximum Gasteiger partial charge on any atom is 0.338 e. The topological polar surface area (TPSA) is 46.6 Å². The quantitative estimate of drug-likeness (QED) is 0.789.